The lowest BCUT2D eigenvalue weighted by molar-refractivity contribution is 0.348. The number of rotatable bonds is 6. The van der Waals surface area contributed by atoms with E-state index < -0.39 is 0 Å². The molecular formula is C11H25N. The summed E-state index contributed by atoms with van der Waals surface area (Å²) in [5, 5.41) is 0. The van der Waals surface area contributed by atoms with Crippen LogP contribution in [0.5, 0.6) is 0 Å². The molecule has 0 fully saturated rings. The van der Waals surface area contributed by atoms with Crippen LogP contribution in [0, 0.1) is 11.8 Å². The summed E-state index contributed by atoms with van der Waals surface area (Å²) in [5.41, 5.74) is 0. The molecule has 1 unspecified atom stereocenters. The van der Waals surface area contributed by atoms with E-state index in [1.807, 2.05) is 0 Å². The first-order valence-electron chi connectivity index (χ1n) is 5.18. The molecule has 74 valence electrons. The SMILES string of the molecule is CC(C)C(C)CCCCN(C)C. The van der Waals surface area contributed by atoms with E-state index in [0.717, 1.165) is 11.8 Å². The van der Waals surface area contributed by atoms with Gasteiger partial charge in [-0.1, -0.05) is 33.6 Å². The van der Waals surface area contributed by atoms with Gasteiger partial charge in [-0.3, -0.25) is 0 Å². The monoisotopic (exact) mass is 171 g/mol. The second kappa shape index (κ2) is 6.47. The summed E-state index contributed by atoms with van der Waals surface area (Å²) < 4.78 is 0. The van der Waals surface area contributed by atoms with Crippen LogP contribution in [0.15, 0.2) is 0 Å². The molecule has 0 aliphatic rings. The van der Waals surface area contributed by atoms with E-state index in [1.54, 1.807) is 0 Å². The van der Waals surface area contributed by atoms with Gasteiger partial charge in [0.15, 0.2) is 0 Å². The standard InChI is InChI=1S/C11H25N/c1-10(2)11(3)8-6-7-9-12(4)5/h10-11H,6-9H2,1-5H3. The lowest BCUT2D eigenvalue weighted by Gasteiger charge is -2.15. The van der Waals surface area contributed by atoms with Crippen LogP contribution in [0.25, 0.3) is 0 Å². The summed E-state index contributed by atoms with van der Waals surface area (Å²) >= 11 is 0. The van der Waals surface area contributed by atoms with Crippen LogP contribution in [0.2, 0.25) is 0 Å². The molecule has 1 atom stereocenters. The summed E-state index contributed by atoms with van der Waals surface area (Å²) in [6, 6.07) is 0. The van der Waals surface area contributed by atoms with Crippen molar-refractivity contribution in [3.8, 4) is 0 Å². The van der Waals surface area contributed by atoms with Crippen LogP contribution in [-0.4, -0.2) is 25.5 Å². The van der Waals surface area contributed by atoms with Crippen molar-refractivity contribution >= 4 is 0 Å². The fraction of sp³-hybridized carbons (Fsp3) is 1.00. The van der Waals surface area contributed by atoms with Gasteiger partial charge in [0, 0.05) is 0 Å². The first-order valence-corrected chi connectivity index (χ1v) is 5.18. The minimum Gasteiger partial charge on any atom is -0.309 e. The van der Waals surface area contributed by atoms with Gasteiger partial charge in [-0.2, -0.15) is 0 Å². The van der Waals surface area contributed by atoms with E-state index in [4.69, 9.17) is 0 Å². The Bertz CT molecular complexity index is 97.2. The Hall–Kier alpha value is -0.0400. The first-order chi connectivity index (χ1) is 5.54. The van der Waals surface area contributed by atoms with Gasteiger partial charge in [0.25, 0.3) is 0 Å². The van der Waals surface area contributed by atoms with Crippen LogP contribution in [-0.2, 0) is 0 Å². The fourth-order valence-electron chi connectivity index (χ4n) is 1.23. The Labute approximate surface area is 78.1 Å². The van der Waals surface area contributed by atoms with Crippen LogP contribution in [0.4, 0.5) is 0 Å². The molecule has 0 aliphatic carbocycles. The van der Waals surface area contributed by atoms with Gasteiger partial charge in [0.05, 0.1) is 0 Å². The molecule has 0 spiro atoms. The third kappa shape index (κ3) is 6.66. The number of nitrogens with zero attached hydrogens (tertiary/aromatic N) is 1. The lowest BCUT2D eigenvalue weighted by atomic mass is 9.93. The zero-order chi connectivity index (χ0) is 9.56. The van der Waals surface area contributed by atoms with Gasteiger partial charge in [-0.15, -0.1) is 0 Å². The Morgan fingerprint density at radius 3 is 2.00 bits per heavy atom. The quantitative estimate of drug-likeness (QED) is 0.555. The Kier molecular flexibility index (Phi) is 6.45. The molecule has 12 heavy (non-hydrogen) atoms. The van der Waals surface area contributed by atoms with Gasteiger partial charge >= 0.3 is 0 Å². The number of hydrogen-bond donors (Lipinski definition) is 0. The van der Waals surface area contributed by atoms with Crippen molar-refractivity contribution in [3.63, 3.8) is 0 Å². The Morgan fingerprint density at radius 1 is 1.00 bits per heavy atom. The van der Waals surface area contributed by atoms with Crippen molar-refractivity contribution in [1.29, 1.82) is 0 Å². The summed E-state index contributed by atoms with van der Waals surface area (Å²) in [7, 11) is 4.29. The van der Waals surface area contributed by atoms with Crippen LogP contribution >= 0.6 is 0 Å². The van der Waals surface area contributed by atoms with E-state index in [1.165, 1.54) is 25.8 Å². The molecule has 0 heterocycles. The first kappa shape index (κ1) is 12.0. The van der Waals surface area contributed by atoms with E-state index >= 15 is 0 Å². The third-order valence-corrected chi connectivity index (χ3v) is 2.65. The molecule has 0 aromatic carbocycles. The van der Waals surface area contributed by atoms with Gasteiger partial charge in [0.1, 0.15) is 0 Å². The predicted molar refractivity (Wildman–Crippen MR) is 56.4 cm³/mol. The lowest BCUT2D eigenvalue weighted by Crippen LogP contribution is -2.13. The van der Waals surface area contributed by atoms with Gasteiger partial charge < -0.3 is 4.90 Å². The second-order valence-electron chi connectivity index (χ2n) is 4.52. The summed E-state index contributed by atoms with van der Waals surface area (Å²) in [6.45, 7) is 8.23. The summed E-state index contributed by atoms with van der Waals surface area (Å²) in [4.78, 5) is 2.26. The average molecular weight is 171 g/mol. The maximum Gasteiger partial charge on any atom is -0.00248 e. The van der Waals surface area contributed by atoms with Crippen molar-refractivity contribution in [3.05, 3.63) is 0 Å². The van der Waals surface area contributed by atoms with Crippen LogP contribution < -0.4 is 0 Å². The Balaban J connectivity index is 3.20. The predicted octanol–water partition coefficient (Wildman–Crippen LogP) is 3.01. The molecule has 0 saturated carbocycles. The van der Waals surface area contributed by atoms with Gasteiger partial charge in [0.2, 0.25) is 0 Å². The summed E-state index contributed by atoms with van der Waals surface area (Å²) in [6.07, 6.45) is 4.13. The number of hydrogen-bond acceptors (Lipinski definition) is 1. The largest absolute Gasteiger partial charge is 0.309 e. The average Bonchev–Trinajstić information content (AvgIpc) is 1.97. The zero-order valence-corrected chi connectivity index (χ0v) is 9.43. The molecule has 0 N–H and O–H groups in total. The molecule has 0 rings (SSSR count). The smallest absolute Gasteiger partial charge is 0.00248 e. The molecule has 0 aromatic heterocycles. The minimum atomic E-state index is 0.851. The van der Waals surface area contributed by atoms with Gasteiger partial charge in [-0.25, -0.2) is 0 Å². The van der Waals surface area contributed by atoms with Crippen molar-refractivity contribution < 1.29 is 0 Å². The molecule has 0 bridgehead atoms. The maximum atomic E-state index is 2.36. The topological polar surface area (TPSA) is 3.24 Å². The summed E-state index contributed by atoms with van der Waals surface area (Å²) in [5.74, 6) is 1.75. The van der Waals surface area contributed by atoms with Crippen molar-refractivity contribution in [2.45, 2.75) is 40.0 Å². The van der Waals surface area contributed by atoms with E-state index in [0.29, 0.717) is 0 Å². The fourth-order valence-corrected chi connectivity index (χ4v) is 1.23. The van der Waals surface area contributed by atoms with Crippen molar-refractivity contribution in [1.82, 2.24) is 4.90 Å². The highest BCUT2D eigenvalue weighted by molar-refractivity contribution is 4.57. The molecule has 1 heteroatoms. The molecule has 0 aliphatic heterocycles. The minimum absolute atomic E-state index is 0.851. The molecule has 0 aromatic rings. The van der Waals surface area contributed by atoms with Crippen molar-refractivity contribution in [2.24, 2.45) is 11.8 Å². The highest BCUT2D eigenvalue weighted by atomic mass is 15.0. The van der Waals surface area contributed by atoms with Crippen LogP contribution in [0.1, 0.15) is 40.0 Å². The highest BCUT2D eigenvalue weighted by Crippen LogP contribution is 2.16. The van der Waals surface area contributed by atoms with E-state index in [9.17, 15) is 0 Å². The van der Waals surface area contributed by atoms with E-state index in [2.05, 4.69) is 39.8 Å². The zero-order valence-electron chi connectivity index (χ0n) is 9.43. The third-order valence-electron chi connectivity index (χ3n) is 2.65. The molecular weight excluding hydrogens is 146 g/mol. The molecule has 0 saturated heterocycles. The maximum absolute atomic E-state index is 2.36. The van der Waals surface area contributed by atoms with Crippen molar-refractivity contribution in [2.75, 3.05) is 20.6 Å². The molecule has 0 radical (unpaired) electrons. The van der Waals surface area contributed by atoms with E-state index in [-0.39, 0.29) is 0 Å². The second-order valence-corrected chi connectivity index (χ2v) is 4.52. The normalized spacial score (nSPS) is 14.2. The number of unbranched alkanes of at least 4 members (excludes halogenated alkanes) is 1. The van der Waals surface area contributed by atoms with Crippen LogP contribution in [0.3, 0.4) is 0 Å². The van der Waals surface area contributed by atoms with Gasteiger partial charge in [-0.05, 0) is 38.9 Å². The highest BCUT2D eigenvalue weighted by Gasteiger charge is 2.05. The molecule has 1 nitrogen and oxygen atoms in total. The Morgan fingerprint density at radius 2 is 1.58 bits per heavy atom. The molecule has 0 amide bonds.